The summed E-state index contributed by atoms with van der Waals surface area (Å²) in [6.07, 6.45) is 8.86. The van der Waals surface area contributed by atoms with Gasteiger partial charge < -0.3 is 5.11 Å². The lowest BCUT2D eigenvalue weighted by atomic mass is 9.89. The highest BCUT2D eigenvalue weighted by Gasteiger charge is 2.32. The van der Waals surface area contributed by atoms with E-state index in [1.807, 2.05) is 0 Å². The molecule has 1 heterocycles. The van der Waals surface area contributed by atoms with Crippen molar-refractivity contribution in [3.05, 3.63) is 16.1 Å². The first kappa shape index (κ1) is 17.0. The van der Waals surface area contributed by atoms with Gasteiger partial charge in [-0.15, -0.1) is 11.3 Å². The van der Waals surface area contributed by atoms with Crippen LogP contribution in [0, 0.1) is 5.92 Å². The molecule has 0 aromatic carbocycles. The largest absolute Gasteiger partial charge is 0.389 e. The molecule has 1 saturated carbocycles. The summed E-state index contributed by atoms with van der Waals surface area (Å²) < 4.78 is 0. The first-order valence-corrected chi connectivity index (χ1v) is 9.38. The van der Waals surface area contributed by atoms with E-state index in [4.69, 9.17) is 4.98 Å². The van der Waals surface area contributed by atoms with Crippen molar-refractivity contribution in [1.29, 1.82) is 0 Å². The molecule has 1 aliphatic carbocycles. The summed E-state index contributed by atoms with van der Waals surface area (Å²) >= 11 is 1.72. The van der Waals surface area contributed by atoms with Gasteiger partial charge in [-0.1, -0.05) is 53.4 Å². The molecule has 1 aliphatic rings. The van der Waals surface area contributed by atoms with Crippen molar-refractivity contribution in [2.75, 3.05) is 0 Å². The number of nitrogens with zero attached hydrogens (tertiary/aromatic N) is 1. The third kappa shape index (κ3) is 4.79. The maximum Gasteiger partial charge on any atom is 0.0957 e. The van der Waals surface area contributed by atoms with Gasteiger partial charge >= 0.3 is 0 Å². The number of hydrogen-bond acceptors (Lipinski definition) is 3. The molecule has 0 saturated heterocycles. The van der Waals surface area contributed by atoms with Crippen LogP contribution in [-0.4, -0.2) is 15.7 Å². The van der Waals surface area contributed by atoms with E-state index in [9.17, 15) is 5.11 Å². The average Bonchev–Trinajstić information content (AvgIpc) is 2.77. The van der Waals surface area contributed by atoms with Gasteiger partial charge in [0, 0.05) is 17.2 Å². The fraction of sp³-hybridized carbons (Fsp3) is 0.833. The van der Waals surface area contributed by atoms with Crippen molar-refractivity contribution < 1.29 is 5.11 Å². The molecule has 2 rings (SSSR count). The second-order valence-corrected chi connectivity index (χ2v) is 8.81. The summed E-state index contributed by atoms with van der Waals surface area (Å²) in [7, 11) is 0. The van der Waals surface area contributed by atoms with Crippen LogP contribution in [0.2, 0.25) is 0 Å². The predicted octanol–water partition coefficient (Wildman–Crippen LogP) is 5.09. The molecular weight excluding hydrogens is 278 g/mol. The van der Waals surface area contributed by atoms with Gasteiger partial charge in [-0.3, -0.25) is 0 Å². The summed E-state index contributed by atoms with van der Waals surface area (Å²) in [5, 5.41) is 14.2. The number of aliphatic hydroxyl groups is 1. The number of thiazole rings is 1. The molecule has 3 heteroatoms. The van der Waals surface area contributed by atoms with Crippen LogP contribution in [0.5, 0.6) is 0 Å². The van der Waals surface area contributed by atoms with Crippen LogP contribution in [0.3, 0.4) is 0 Å². The SMILES string of the molecule is CCCC1CCCC(O)(Cc2nc(C(C)(C)C)cs2)CC1. The van der Waals surface area contributed by atoms with Crippen LogP contribution in [0.15, 0.2) is 5.38 Å². The zero-order chi connectivity index (χ0) is 15.5. The van der Waals surface area contributed by atoms with Gasteiger partial charge in [-0.05, 0) is 25.2 Å². The van der Waals surface area contributed by atoms with Crippen molar-refractivity contribution in [3.63, 3.8) is 0 Å². The van der Waals surface area contributed by atoms with Crippen LogP contribution in [0.1, 0.15) is 83.3 Å². The van der Waals surface area contributed by atoms with Gasteiger partial charge in [0.05, 0.1) is 16.3 Å². The van der Waals surface area contributed by atoms with E-state index in [0.29, 0.717) is 0 Å². The Hall–Kier alpha value is -0.410. The van der Waals surface area contributed by atoms with E-state index in [1.165, 1.54) is 32.1 Å². The minimum atomic E-state index is -0.518. The van der Waals surface area contributed by atoms with Crippen LogP contribution in [0.4, 0.5) is 0 Å². The van der Waals surface area contributed by atoms with Crippen LogP contribution in [0.25, 0.3) is 0 Å². The predicted molar refractivity (Wildman–Crippen MR) is 91.0 cm³/mol. The smallest absolute Gasteiger partial charge is 0.0957 e. The van der Waals surface area contributed by atoms with E-state index >= 15 is 0 Å². The molecule has 21 heavy (non-hydrogen) atoms. The van der Waals surface area contributed by atoms with Crippen molar-refractivity contribution in [1.82, 2.24) is 4.98 Å². The summed E-state index contributed by atoms with van der Waals surface area (Å²) in [6.45, 7) is 8.85. The minimum Gasteiger partial charge on any atom is -0.389 e. The maximum atomic E-state index is 11.0. The fourth-order valence-corrected chi connectivity index (χ4v) is 4.51. The molecule has 120 valence electrons. The maximum absolute atomic E-state index is 11.0. The summed E-state index contributed by atoms with van der Waals surface area (Å²) in [6, 6.07) is 0. The highest BCUT2D eigenvalue weighted by molar-refractivity contribution is 7.09. The molecule has 1 aromatic heterocycles. The standard InChI is InChI=1S/C18H31NOS/c1-5-7-14-8-6-10-18(20,11-9-14)12-16-19-15(13-21-16)17(2,3)4/h13-14,20H,5-12H2,1-4H3. The van der Waals surface area contributed by atoms with Gasteiger partial charge in [-0.25, -0.2) is 4.98 Å². The highest BCUT2D eigenvalue weighted by Crippen LogP contribution is 2.35. The van der Waals surface area contributed by atoms with E-state index in [0.717, 1.165) is 35.9 Å². The molecule has 0 amide bonds. The van der Waals surface area contributed by atoms with Crippen molar-refractivity contribution >= 4 is 11.3 Å². The fourth-order valence-electron chi connectivity index (χ4n) is 3.35. The average molecular weight is 310 g/mol. The van der Waals surface area contributed by atoms with Crippen molar-refractivity contribution in [2.45, 2.75) is 90.1 Å². The van der Waals surface area contributed by atoms with E-state index in [-0.39, 0.29) is 5.41 Å². The molecular formula is C18H31NOS. The highest BCUT2D eigenvalue weighted by atomic mass is 32.1. The molecule has 2 unspecified atom stereocenters. The molecule has 2 nitrogen and oxygen atoms in total. The molecule has 0 bridgehead atoms. The Labute approximate surface area is 134 Å². The Balaban J connectivity index is 1.99. The Morgan fingerprint density at radius 3 is 2.71 bits per heavy atom. The molecule has 1 fully saturated rings. The topological polar surface area (TPSA) is 33.1 Å². The Kier molecular flexibility index (Phi) is 5.48. The molecule has 0 radical (unpaired) electrons. The zero-order valence-electron chi connectivity index (χ0n) is 14.1. The van der Waals surface area contributed by atoms with Crippen LogP contribution in [-0.2, 0) is 11.8 Å². The zero-order valence-corrected chi connectivity index (χ0v) is 14.9. The molecule has 1 N–H and O–H groups in total. The lowest BCUT2D eigenvalue weighted by Crippen LogP contribution is -2.30. The normalized spacial score (nSPS) is 27.6. The summed E-state index contributed by atoms with van der Waals surface area (Å²) in [4.78, 5) is 4.77. The summed E-state index contributed by atoms with van der Waals surface area (Å²) in [5.41, 5.74) is 0.742. The van der Waals surface area contributed by atoms with Gasteiger partial charge in [0.2, 0.25) is 0 Å². The lowest BCUT2D eigenvalue weighted by molar-refractivity contribution is 0.0240. The van der Waals surface area contributed by atoms with Gasteiger partial charge in [0.25, 0.3) is 0 Å². The van der Waals surface area contributed by atoms with Crippen LogP contribution >= 0.6 is 11.3 Å². The molecule has 0 spiro atoms. The van der Waals surface area contributed by atoms with E-state index in [2.05, 4.69) is 33.1 Å². The second-order valence-electron chi connectivity index (χ2n) is 7.86. The van der Waals surface area contributed by atoms with Gasteiger partial charge in [0.15, 0.2) is 0 Å². The Bertz CT molecular complexity index is 448. The second kappa shape index (κ2) is 6.78. The molecule has 1 aromatic rings. The third-order valence-corrected chi connectivity index (χ3v) is 5.62. The number of aromatic nitrogens is 1. The number of hydrogen-bond donors (Lipinski definition) is 1. The van der Waals surface area contributed by atoms with Crippen LogP contribution < -0.4 is 0 Å². The quantitative estimate of drug-likeness (QED) is 0.785. The van der Waals surface area contributed by atoms with Gasteiger partial charge in [-0.2, -0.15) is 0 Å². The monoisotopic (exact) mass is 309 g/mol. The van der Waals surface area contributed by atoms with Crippen molar-refractivity contribution in [2.24, 2.45) is 5.92 Å². The Morgan fingerprint density at radius 1 is 1.33 bits per heavy atom. The van der Waals surface area contributed by atoms with E-state index in [1.54, 1.807) is 11.3 Å². The van der Waals surface area contributed by atoms with Crippen molar-refractivity contribution in [3.8, 4) is 0 Å². The number of rotatable bonds is 4. The first-order chi connectivity index (χ1) is 9.82. The third-order valence-electron chi connectivity index (χ3n) is 4.77. The lowest BCUT2D eigenvalue weighted by Gasteiger charge is -2.25. The minimum absolute atomic E-state index is 0.104. The first-order valence-electron chi connectivity index (χ1n) is 8.50. The molecule has 0 aliphatic heterocycles. The van der Waals surface area contributed by atoms with Gasteiger partial charge in [0.1, 0.15) is 0 Å². The summed E-state index contributed by atoms with van der Waals surface area (Å²) in [5.74, 6) is 0.824. The van der Waals surface area contributed by atoms with E-state index < -0.39 is 5.60 Å². The Morgan fingerprint density at radius 2 is 2.10 bits per heavy atom. The molecule has 2 atom stereocenters.